The molecule has 0 spiro atoms. The summed E-state index contributed by atoms with van der Waals surface area (Å²) in [6.45, 7) is 0.977. The number of phenolic OH excluding ortho intramolecular Hbond substituents is 2. The third-order valence-corrected chi connectivity index (χ3v) is 3.88. The van der Waals surface area contributed by atoms with Gasteiger partial charge >= 0.3 is 0 Å². The molecule has 10 heteroatoms. The quantitative estimate of drug-likeness (QED) is 0.425. The molecular formula is C19H12F6O4. The largest absolute Gasteiger partial charge is 0.504 e. The average Bonchev–Trinajstić information content (AvgIpc) is 2.69. The molecule has 0 amide bonds. The van der Waals surface area contributed by atoms with Crippen LogP contribution in [-0.2, 0) is 4.79 Å². The maximum atomic E-state index is 14.1. The first kappa shape index (κ1) is 21.9. The van der Waals surface area contributed by atoms with Crippen LogP contribution in [0, 0.1) is 41.8 Å². The molecule has 0 saturated carbocycles. The minimum Gasteiger partial charge on any atom is -0.504 e. The Morgan fingerprint density at radius 2 is 1.21 bits per heavy atom. The lowest BCUT2D eigenvalue weighted by molar-refractivity contribution is -0.110. The van der Waals surface area contributed by atoms with E-state index in [-0.39, 0.29) is 0 Å². The molecule has 0 atom stereocenters. The highest BCUT2D eigenvalue weighted by Crippen LogP contribution is 2.37. The number of ether oxygens (including phenoxy) is 1. The summed E-state index contributed by atoms with van der Waals surface area (Å²) in [5, 5.41) is 18.5. The van der Waals surface area contributed by atoms with Gasteiger partial charge in [0.15, 0.2) is 29.0 Å². The lowest BCUT2D eigenvalue weighted by atomic mass is 10.1. The van der Waals surface area contributed by atoms with Gasteiger partial charge in [-0.3, -0.25) is 4.79 Å². The van der Waals surface area contributed by atoms with Crippen molar-refractivity contribution in [3.8, 4) is 17.2 Å². The van der Waals surface area contributed by atoms with Gasteiger partial charge in [0, 0.05) is 11.1 Å². The molecule has 0 radical (unpaired) electrons. The van der Waals surface area contributed by atoms with Gasteiger partial charge in [0.2, 0.25) is 23.1 Å². The van der Waals surface area contributed by atoms with Crippen LogP contribution in [0.25, 0.3) is 12.2 Å². The van der Waals surface area contributed by atoms with Crippen molar-refractivity contribution >= 4 is 17.9 Å². The number of benzene rings is 2. The SMILES string of the molecule is COc1c(O)c(F)c(F)c(/C=C/C(=O)/C=C/c2c(F)c(C)c(O)c(F)c2F)c1F. The topological polar surface area (TPSA) is 66.8 Å². The molecule has 0 heterocycles. The molecule has 2 N–H and O–H groups in total. The summed E-state index contributed by atoms with van der Waals surface area (Å²) in [4.78, 5) is 11.8. The Morgan fingerprint density at radius 3 is 1.69 bits per heavy atom. The highest BCUT2D eigenvalue weighted by molar-refractivity contribution is 6.04. The van der Waals surface area contributed by atoms with Crippen LogP contribution in [-0.4, -0.2) is 23.1 Å². The van der Waals surface area contributed by atoms with Crippen molar-refractivity contribution in [1.29, 1.82) is 0 Å². The van der Waals surface area contributed by atoms with E-state index >= 15 is 0 Å². The highest BCUT2D eigenvalue weighted by atomic mass is 19.2. The number of allylic oxidation sites excluding steroid dienone is 2. The molecule has 154 valence electrons. The number of hydrogen-bond donors (Lipinski definition) is 2. The van der Waals surface area contributed by atoms with Crippen molar-refractivity contribution in [1.82, 2.24) is 0 Å². The lowest BCUT2D eigenvalue weighted by Crippen LogP contribution is -2.00. The van der Waals surface area contributed by atoms with E-state index in [4.69, 9.17) is 0 Å². The zero-order valence-electron chi connectivity index (χ0n) is 14.8. The van der Waals surface area contributed by atoms with Gasteiger partial charge < -0.3 is 14.9 Å². The second kappa shape index (κ2) is 8.29. The molecule has 0 aromatic heterocycles. The zero-order chi connectivity index (χ0) is 22.0. The van der Waals surface area contributed by atoms with Gasteiger partial charge in [-0.1, -0.05) is 0 Å². The molecule has 2 aromatic carbocycles. The van der Waals surface area contributed by atoms with Crippen molar-refractivity contribution < 1.29 is 46.1 Å². The van der Waals surface area contributed by atoms with Crippen LogP contribution >= 0.6 is 0 Å². The molecule has 29 heavy (non-hydrogen) atoms. The Balaban J connectivity index is 2.39. The van der Waals surface area contributed by atoms with Crippen molar-refractivity contribution in [3.05, 3.63) is 63.7 Å². The minimum absolute atomic E-state index is 0.512. The number of phenols is 2. The predicted octanol–water partition coefficient (Wildman–Crippen LogP) is 4.55. The summed E-state index contributed by atoms with van der Waals surface area (Å²) in [6.07, 6.45) is 2.15. The van der Waals surface area contributed by atoms with E-state index in [0.717, 1.165) is 14.0 Å². The molecule has 0 aliphatic carbocycles. The summed E-state index contributed by atoms with van der Waals surface area (Å²) >= 11 is 0. The second-order valence-corrected chi connectivity index (χ2v) is 5.64. The van der Waals surface area contributed by atoms with Crippen LogP contribution in [0.4, 0.5) is 26.3 Å². The Morgan fingerprint density at radius 1 is 0.759 bits per heavy atom. The number of methoxy groups -OCH3 is 1. The van der Waals surface area contributed by atoms with E-state index in [0.29, 0.717) is 24.3 Å². The van der Waals surface area contributed by atoms with Crippen molar-refractivity contribution in [2.24, 2.45) is 0 Å². The molecule has 4 nitrogen and oxygen atoms in total. The molecule has 0 aliphatic rings. The monoisotopic (exact) mass is 418 g/mol. The van der Waals surface area contributed by atoms with Crippen molar-refractivity contribution in [2.45, 2.75) is 6.92 Å². The summed E-state index contributed by atoms with van der Waals surface area (Å²) in [5.74, 6) is -14.6. The number of carbonyl (C=O) groups is 1. The van der Waals surface area contributed by atoms with E-state index < -0.39 is 74.6 Å². The van der Waals surface area contributed by atoms with E-state index in [1.165, 1.54) is 0 Å². The summed E-state index contributed by atoms with van der Waals surface area (Å²) < 4.78 is 87.0. The average molecular weight is 418 g/mol. The minimum atomic E-state index is -1.81. The van der Waals surface area contributed by atoms with E-state index in [2.05, 4.69) is 4.74 Å². The van der Waals surface area contributed by atoms with Crippen LogP contribution in [0.5, 0.6) is 17.2 Å². The molecule has 2 rings (SSSR count). The van der Waals surface area contributed by atoms with E-state index in [1.807, 2.05) is 0 Å². The predicted molar refractivity (Wildman–Crippen MR) is 90.3 cm³/mol. The van der Waals surface area contributed by atoms with Gasteiger partial charge in [-0.2, -0.15) is 8.78 Å². The summed E-state index contributed by atoms with van der Waals surface area (Å²) in [6, 6.07) is 0. The van der Waals surface area contributed by atoms with Crippen LogP contribution < -0.4 is 4.74 Å². The number of ketones is 1. The molecule has 2 aromatic rings. The Bertz CT molecular complexity index is 1030. The second-order valence-electron chi connectivity index (χ2n) is 5.64. The maximum Gasteiger partial charge on any atom is 0.205 e. The summed E-state index contributed by atoms with van der Waals surface area (Å²) in [5.41, 5.74) is -2.61. The molecule has 0 saturated heterocycles. The highest BCUT2D eigenvalue weighted by Gasteiger charge is 2.24. The number of aromatic hydroxyl groups is 2. The lowest BCUT2D eigenvalue weighted by Gasteiger charge is -2.09. The standard InChI is InChI=1S/C19H12F6O4/c1-7-11(20)9(12(21)15(24)17(7)27)5-3-8(26)4-6-10-13(22)16(25)18(28)19(29-2)14(10)23/h3-6,27-28H,1-2H3/b5-3+,6-4+. The molecular weight excluding hydrogens is 406 g/mol. The fourth-order valence-corrected chi connectivity index (χ4v) is 2.30. The third-order valence-electron chi connectivity index (χ3n) is 3.88. The number of hydrogen-bond acceptors (Lipinski definition) is 4. The van der Waals surface area contributed by atoms with Gasteiger partial charge in [0.1, 0.15) is 5.82 Å². The first-order chi connectivity index (χ1) is 13.5. The van der Waals surface area contributed by atoms with Gasteiger partial charge in [0.05, 0.1) is 12.7 Å². The Hall–Kier alpha value is -3.43. The molecule has 0 bridgehead atoms. The van der Waals surface area contributed by atoms with Gasteiger partial charge in [-0.25, -0.2) is 17.6 Å². The van der Waals surface area contributed by atoms with Crippen LogP contribution in [0.15, 0.2) is 12.2 Å². The van der Waals surface area contributed by atoms with Gasteiger partial charge in [-0.15, -0.1) is 0 Å². The Kier molecular flexibility index (Phi) is 6.25. The fourth-order valence-electron chi connectivity index (χ4n) is 2.30. The maximum absolute atomic E-state index is 14.1. The smallest absolute Gasteiger partial charge is 0.205 e. The number of rotatable bonds is 5. The molecule has 0 fully saturated rings. The third kappa shape index (κ3) is 3.91. The van der Waals surface area contributed by atoms with E-state index in [9.17, 15) is 41.4 Å². The first-order valence-corrected chi connectivity index (χ1v) is 7.72. The van der Waals surface area contributed by atoms with Gasteiger partial charge in [0.25, 0.3) is 0 Å². The van der Waals surface area contributed by atoms with Crippen LogP contribution in [0.3, 0.4) is 0 Å². The molecule has 0 unspecified atom stereocenters. The molecule has 0 aliphatic heterocycles. The fraction of sp³-hybridized carbons (Fsp3) is 0.105. The zero-order valence-corrected chi connectivity index (χ0v) is 14.8. The number of carbonyl (C=O) groups excluding carboxylic acids is 1. The van der Waals surface area contributed by atoms with Crippen molar-refractivity contribution in [2.75, 3.05) is 7.11 Å². The first-order valence-electron chi connectivity index (χ1n) is 7.72. The van der Waals surface area contributed by atoms with Crippen LogP contribution in [0.1, 0.15) is 16.7 Å². The van der Waals surface area contributed by atoms with E-state index in [1.54, 1.807) is 0 Å². The summed E-state index contributed by atoms with van der Waals surface area (Å²) in [7, 11) is 0.888. The van der Waals surface area contributed by atoms with Gasteiger partial charge in [-0.05, 0) is 31.2 Å². The van der Waals surface area contributed by atoms with Crippen molar-refractivity contribution in [3.63, 3.8) is 0 Å². The Labute approximate surface area is 160 Å². The van der Waals surface area contributed by atoms with Crippen LogP contribution in [0.2, 0.25) is 0 Å². The normalized spacial score (nSPS) is 11.6. The number of halogens is 6.